The molecule has 1 aliphatic rings. The van der Waals surface area contributed by atoms with Gasteiger partial charge in [-0.05, 0) is 51.3 Å². The number of nitrogens with one attached hydrogen (secondary N) is 1. The van der Waals surface area contributed by atoms with E-state index in [-0.39, 0.29) is 17.9 Å². The average Bonchev–Trinajstić information content (AvgIpc) is 2.45. The molecular formula is C17H25ClN2O4S. The van der Waals surface area contributed by atoms with Crippen molar-refractivity contribution in [2.45, 2.75) is 51.0 Å². The Kier molecular flexibility index (Phi) is 6.35. The van der Waals surface area contributed by atoms with Crippen LogP contribution >= 0.6 is 11.6 Å². The molecule has 0 radical (unpaired) electrons. The van der Waals surface area contributed by atoms with E-state index in [4.69, 9.17) is 16.3 Å². The lowest BCUT2D eigenvalue weighted by atomic mass is 10.1. The zero-order valence-corrected chi connectivity index (χ0v) is 16.4. The van der Waals surface area contributed by atoms with Gasteiger partial charge in [0.05, 0.1) is 5.75 Å². The normalized spacial score (nSPS) is 16.7. The van der Waals surface area contributed by atoms with Gasteiger partial charge in [-0.15, -0.1) is 0 Å². The molecule has 140 valence electrons. The summed E-state index contributed by atoms with van der Waals surface area (Å²) in [7, 11) is -3.46. The summed E-state index contributed by atoms with van der Waals surface area (Å²) in [5, 5.41) is 0.512. The molecule has 1 fully saturated rings. The van der Waals surface area contributed by atoms with Crippen molar-refractivity contribution < 1.29 is 17.9 Å². The van der Waals surface area contributed by atoms with Crippen molar-refractivity contribution in [2.24, 2.45) is 0 Å². The monoisotopic (exact) mass is 388 g/mol. The van der Waals surface area contributed by atoms with Crippen LogP contribution in [0.5, 0.6) is 0 Å². The molecule has 0 atom stereocenters. The van der Waals surface area contributed by atoms with Gasteiger partial charge in [0.15, 0.2) is 0 Å². The highest BCUT2D eigenvalue weighted by Crippen LogP contribution is 2.17. The van der Waals surface area contributed by atoms with Crippen molar-refractivity contribution in [3.8, 4) is 0 Å². The lowest BCUT2D eigenvalue weighted by molar-refractivity contribution is 0.0204. The Hall–Kier alpha value is -1.31. The number of rotatable bonds is 4. The number of carbonyl (C=O) groups is 1. The Balaban J connectivity index is 1.85. The fraction of sp³-hybridized carbons (Fsp3) is 0.588. The topological polar surface area (TPSA) is 75.7 Å². The number of benzene rings is 1. The van der Waals surface area contributed by atoms with E-state index in [1.807, 2.05) is 20.8 Å². The molecule has 1 heterocycles. The lowest BCUT2D eigenvalue weighted by Crippen LogP contribution is -2.47. The van der Waals surface area contributed by atoms with Crippen LogP contribution in [0.25, 0.3) is 0 Å². The second-order valence-electron chi connectivity index (χ2n) is 7.25. The standard InChI is InChI=1S/C17H25ClN2O4S/c1-17(2,3)24-16(21)20-9-7-15(8-10-20)19-25(22,23)12-13-5-4-6-14(18)11-13/h4-6,11,15,19H,7-10,12H2,1-3H3. The summed E-state index contributed by atoms with van der Waals surface area (Å²) in [5.74, 6) is -0.111. The van der Waals surface area contributed by atoms with Crippen LogP contribution in [0.2, 0.25) is 5.02 Å². The van der Waals surface area contributed by atoms with Gasteiger partial charge in [0, 0.05) is 24.2 Å². The maximum absolute atomic E-state index is 12.3. The van der Waals surface area contributed by atoms with Crippen LogP contribution in [0, 0.1) is 0 Å². The summed E-state index contributed by atoms with van der Waals surface area (Å²) < 4.78 is 32.7. The maximum Gasteiger partial charge on any atom is 0.410 e. The first-order chi connectivity index (χ1) is 11.5. The molecule has 2 rings (SSSR count). The fourth-order valence-corrected chi connectivity index (χ4v) is 4.31. The number of sulfonamides is 1. The summed E-state index contributed by atoms with van der Waals surface area (Å²) >= 11 is 5.89. The molecule has 1 aromatic carbocycles. The number of hydrogen-bond acceptors (Lipinski definition) is 4. The maximum atomic E-state index is 12.3. The summed E-state index contributed by atoms with van der Waals surface area (Å²) in [6.07, 6.45) is 0.773. The molecule has 25 heavy (non-hydrogen) atoms. The Labute approximate surface area is 154 Å². The molecule has 0 aromatic heterocycles. The minimum Gasteiger partial charge on any atom is -0.444 e. The van der Waals surface area contributed by atoms with Crippen molar-refractivity contribution >= 4 is 27.7 Å². The number of piperidine rings is 1. The van der Waals surface area contributed by atoms with Crippen LogP contribution in [0.4, 0.5) is 4.79 Å². The first-order valence-corrected chi connectivity index (χ1v) is 10.3. The van der Waals surface area contributed by atoms with Gasteiger partial charge < -0.3 is 9.64 Å². The Morgan fingerprint density at radius 1 is 1.32 bits per heavy atom. The minimum atomic E-state index is -3.46. The molecule has 1 aromatic rings. The Morgan fingerprint density at radius 3 is 2.52 bits per heavy atom. The van der Waals surface area contributed by atoms with Crippen LogP contribution in [0.3, 0.4) is 0 Å². The third-order valence-corrected chi connectivity index (χ3v) is 5.38. The molecule has 8 heteroatoms. The minimum absolute atomic E-state index is 0.111. The smallest absolute Gasteiger partial charge is 0.410 e. The van der Waals surface area contributed by atoms with Gasteiger partial charge >= 0.3 is 6.09 Å². The van der Waals surface area contributed by atoms with Crippen LogP contribution in [0.1, 0.15) is 39.2 Å². The first-order valence-electron chi connectivity index (χ1n) is 8.26. The second kappa shape index (κ2) is 7.93. The van der Waals surface area contributed by atoms with E-state index < -0.39 is 15.6 Å². The fourth-order valence-electron chi connectivity index (χ4n) is 2.65. The van der Waals surface area contributed by atoms with Gasteiger partial charge in [-0.3, -0.25) is 0 Å². The molecule has 0 aliphatic carbocycles. The van der Waals surface area contributed by atoms with E-state index in [2.05, 4.69) is 4.72 Å². The van der Waals surface area contributed by atoms with Crippen molar-refractivity contribution in [3.05, 3.63) is 34.9 Å². The molecule has 1 saturated heterocycles. The highest BCUT2D eigenvalue weighted by molar-refractivity contribution is 7.88. The number of ether oxygens (including phenoxy) is 1. The molecular weight excluding hydrogens is 364 g/mol. The van der Waals surface area contributed by atoms with E-state index in [0.717, 1.165) is 0 Å². The molecule has 1 N–H and O–H groups in total. The zero-order valence-electron chi connectivity index (χ0n) is 14.8. The van der Waals surface area contributed by atoms with Gasteiger partial charge in [-0.25, -0.2) is 17.9 Å². The molecule has 0 saturated carbocycles. The van der Waals surface area contributed by atoms with Gasteiger partial charge in [-0.1, -0.05) is 23.7 Å². The third kappa shape index (κ3) is 6.84. The molecule has 1 aliphatic heterocycles. The number of hydrogen-bond donors (Lipinski definition) is 1. The van der Waals surface area contributed by atoms with Gasteiger partial charge in [-0.2, -0.15) is 0 Å². The highest BCUT2D eigenvalue weighted by atomic mass is 35.5. The van der Waals surface area contributed by atoms with Gasteiger partial charge in [0.2, 0.25) is 10.0 Å². The number of likely N-dealkylation sites (tertiary alicyclic amines) is 1. The predicted octanol–water partition coefficient (Wildman–Crippen LogP) is 3.16. The molecule has 6 nitrogen and oxygen atoms in total. The van der Waals surface area contributed by atoms with Crippen LogP contribution in [0.15, 0.2) is 24.3 Å². The van der Waals surface area contributed by atoms with Gasteiger partial charge in [0.1, 0.15) is 5.60 Å². The summed E-state index contributed by atoms with van der Waals surface area (Å²) in [6.45, 7) is 6.41. The van der Waals surface area contributed by atoms with E-state index in [0.29, 0.717) is 36.5 Å². The molecule has 1 amide bonds. The summed E-state index contributed by atoms with van der Waals surface area (Å²) in [4.78, 5) is 13.6. The van der Waals surface area contributed by atoms with Crippen molar-refractivity contribution in [1.29, 1.82) is 0 Å². The van der Waals surface area contributed by atoms with E-state index in [1.165, 1.54) is 0 Å². The zero-order chi connectivity index (χ0) is 18.7. The quantitative estimate of drug-likeness (QED) is 0.859. The van der Waals surface area contributed by atoms with Gasteiger partial charge in [0.25, 0.3) is 0 Å². The van der Waals surface area contributed by atoms with E-state index >= 15 is 0 Å². The second-order valence-corrected chi connectivity index (χ2v) is 9.44. The largest absolute Gasteiger partial charge is 0.444 e. The number of amides is 1. The van der Waals surface area contributed by atoms with Crippen LogP contribution in [-0.2, 0) is 20.5 Å². The average molecular weight is 389 g/mol. The summed E-state index contributed by atoms with van der Waals surface area (Å²) in [6, 6.07) is 6.63. The van der Waals surface area contributed by atoms with E-state index in [1.54, 1.807) is 29.2 Å². The highest BCUT2D eigenvalue weighted by Gasteiger charge is 2.28. The summed E-state index contributed by atoms with van der Waals surface area (Å²) in [5.41, 5.74) is 0.109. The van der Waals surface area contributed by atoms with Crippen molar-refractivity contribution in [3.63, 3.8) is 0 Å². The molecule has 0 bridgehead atoms. The van der Waals surface area contributed by atoms with E-state index in [9.17, 15) is 13.2 Å². The SMILES string of the molecule is CC(C)(C)OC(=O)N1CCC(NS(=O)(=O)Cc2cccc(Cl)c2)CC1. The number of halogens is 1. The third-order valence-electron chi connectivity index (χ3n) is 3.74. The molecule has 0 unspecified atom stereocenters. The Morgan fingerprint density at radius 2 is 1.96 bits per heavy atom. The number of carbonyl (C=O) groups excluding carboxylic acids is 1. The number of nitrogens with zero attached hydrogens (tertiary/aromatic N) is 1. The van der Waals surface area contributed by atoms with Crippen LogP contribution < -0.4 is 4.72 Å². The lowest BCUT2D eigenvalue weighted by Gasteiger charge is -2.33. The van der Waals surface area contributed by atoms with Crippen molar-refractivity contribution in [1.82, 2.24) is 9.62 Å². The van der Waals surface area contributed by atoms with Crippen LogP contribution in [-0.4, -0.2) is 44.1 Å². The Bertz CT molecular complexity index is 708. The van der Waals surface area contributed by atoms with Crippen molar-refractivity contribution in [2.75, 3.05) is 13.1 Å². The first kappa shape index (κ1) is 20.0. The predicted molar refractivity (Wildman–Crippen MR) is 98.0 cm³/mol. The molecule has 0 spiro atoms.